The smallest absolute Gasteiger partial charge is 0.262 e. The molecule has 0 unspecified atom stereocenters. The molecular weight excluding hydrogens is 380 g/mol. The number of aryl methyl sites for hydroxylation is 1. The summed E-state index contributed by atoms with van der Waals surface area (Å²) >= 11 is 0. The molecule has 0 aliphatic carbocycles. The third kappa shape index (κ3) is 2.92. The highest BCUT2D eigenvalue weighted by atomic mass is 16.2. The number of amides is 1. The summed E-state index contributed by atoms with van der Waals surface area (Å²) in [5.74, 6) is 1.45. The van der Waals surface area contributed by atoms with Gasteiger partial charge in [0.1, 0.15) is 0 Å². The van der Waals surface area contributed by atoms with Gasteiger partial charge in [-0.2, -0.15) is 0 Å². The summed E-state index contributed by atoms with van der Waals surface area (Å²) in [6, 6.07) is 15.4. The van der Waals surface area contributed by atoms with Gasteiger partial charge in [-0.25, -0.2) is 0 Å². The van der Waals surface area contributed by atoms with Crippen LogP contribution in [0, 0.1) is 0 Å². The number of aromatic nitrogens is 4. The highest BCUT2D eigenvalue weighted by molar-refractivity contribution is 5.95. The Hall–Kier alpha value is -3.68. The SMILES string of the molecule is CCn1c(=O)c2ccccc2n2c(CNc3ccc(N4CCCC4=O)cc3)nnc12. The molecule has 4 aromatic rings. The first kappa shape index (κ1) is 18.4. The Morgan fingerprint density at radius 3 is 2.57 bits per heavy atom. The van der Waals surface area contributed by atoms with Gasteiger partial charge in [0.05, 0.1) is 17.4 Å². The van der Waals surface area contributed by atoms with Crippen LogP contribution in [0.25, 0.3) is 16.7 Å². The van der Waals surface area contributed by atoms with Crippen molar-refractivity contribution in [3.05, 3.63) is 64.7 Å². The molecule has 1 aliphatic rings. The highest BCUT2D eigenvalue weighted by Gasteiger charge is 2.21. The van der Waals surface area contributed by atoms with Crippen molar-refractivity contribution < 1.29 is 4.79 Å². The molecule has 2 aromatic heterocycles. The molecule has 1 N–H and O–H groups in total. The summed E-state index contributed by atoms with van der Waals surface area (Å²) in [5, 5.41) is 12.6. The fourth-order valence-electron chi connectivity index (χ4n) is 4.08. The topological polar surface area (TPSA) is 84.5 Å². The van der Waals surface area contributed by atoms with Crippen molar-refractivity contribution in [2.75, 3.05) is 16.8 Å². The normalized spacial score (nSPS) is 14.2. The van der Waals surface area contributed by atoms with Crippen LogP contribution in [0.4, 0.5) is 11.4 Å². The van der Waals surface area contributed by atoms with Crippen LogP contribution in [-0.4, -0.2) is 31.6 Å². The molecule has 8 nitrogen and oxygen atoms in total. The Morgan fingerprint density at radius 2 is 1.83 bits per heavy atom. The van der Waals surface area contributed by atoms with E-state index in [-0.39, 0.29) is 11.5 Å². The first-order chi connectivity index (χ1) is 14.7. The van der Waals surface area contributed by atoms with Crippen LogP contribution in [0.3, 0.4) is 0 Å². The molecule has 2 aromatic carbocycles. The van der Waals surface area contributed by atoms with E-state index in [9.17, 15) is 9.59 Å². The second-order valence-electron chi connectivity index (χ2n) is 7.37. The molecule has 1 saturated heterocycles. The van der Waals surface area contributed by atoms with Crippen LogP contribution in [0.5, 0.6) is 0 Å². The average molecular weight is 402 g/mol. The second kappa shape index (κ2) is 7.29. The predicted molar refractivity (Wildman–Crippen MR) is 116 cm³/mol. The Kier molecular flexibility index (Phi) is 4.46. The van der Waals surface area contributed by atoms with Crippen LogP contribution in [-0.2, 0) is 17.9 Å². The fraction of sp³-hybridized carbons (Fsp3) is 0.273. The van der Waals surface area contributed by atoms with Gasteiger partial charge >= 0.3 is 0 Å². The number of nitrogens with zero attached hydrogens (tertiary/aromatic N) is 5. The van der Waals surface area contributed by atoms with Gasteiger partial charge in [0, 0.05) is 30.9 Å². The molecule has 0 bridgehead atoms. The van der Waals surface area contributed by atoms with Gasteiger partial charge in [-0.1, -0.05) is 12.1 Å². The highest BCUT2D eigenvalue weighted by Crippen LogP contribution is 2.23. The van der Waals surface area contributed by atoms with Gasteiger partial charge in [0.25, 0.3) is 5.56 Å². The van der Waals surface area contributed by atoms with Crippen LogP contribution in [0.15, 0.2) is 53.3 Å². The van der Waals surface area contributed by atoms with Gasteiger partial charge in [-0.3, -0.25) is 18.6 Å². The maximum absolute atomic E-state index is 12.8. The lowest BCUT2D eigenvalue weighted by Crippen LogP contribution is -2.23. The zero-order chi connectivity index (χ0) is 20.7. The molecule has 5 rings (SSSR count). The van der Waals surface area contributed by atoms with Crippen molar-refractivity contribution in [1.82, 2.24) is 19.2 Å². The minimum Gasteiger partial charge on any atom is -0.378 e. The largest absolute Gasteiger partial charge is 0.378 e. The first-order valence-corrected chi connectivity index (χ1v) is 10.2. The number of anilines is 2. The maximum Gasteiger partial charge on any atom is 0.262 e. The van der Waals surface area contributed by atoms with Crippen molar-refractivity contribution in [2.24, 2.45) is 0 Å². The van der Waals surface area contributed by atoms with Gasteiger partial charge < -0.3 is 10.2 Å². The zero-order valence-electron chi connectivity index (χ0n) is 16.7. The number of rotatable bonds is 5. The minimum atomic E-state index is -0.0560. The molecule has 1 amide bonds. The molecule has 0 saturated carbocycles. The number of fused-ring (bicyclic) bond motifs is 3. The molecule has 0 atom stereocenters. The number of hydrogen-bond donors (Lipinski definition) is 1. The van der Waals surface area contributed by atoms with E-state index >= 15 is 0 Å². The molecule has 8 heteroatoms. The van der Waals surface area contributed by atoms with Crippen molar-refractivity contribution in [3.8, 4) is 0 Å². The zero-order valence-corrected chi connectivity index (χ0v) is 16.7. The van der Waals surface area contributed by atoms with E-state index in [1.165, 1.54) is 0 Å². The number of carbonyl (C=O) groups is 1. The molecule has 3 heterocycles. The summed E-state index contributed by atoms with van der Waals surface area (Å²) in [7, 11) is 0. The quantitative estimate of drug-likeness (QED) is 0.555. The van der Waals surface area contributed by atoms with Crippen molar-refractivity contribution in [1.29, 1.82) is 0 Å². The third-order valence-corrected chi connectivity index (χ3v) is 5.59. The van der Waals surface area contributed by atoms with E-state index in [2.05, 4.69) is 15.5 Å². The fourth-order valence-corrected chi connectivity index (χ4v) is 4.08. The lowest BCUT2D eigenvalue weighted by atomic mass is 10.2. The summed E-state index contributed by atoms with van der Waals surface area (Å²) in [5.41, 5.74) is 2.59. The van der Waals surface area contributed by atoms with E-state index in [4.69, 9.17) is 0 Å². The Bertz CT molecular complexity index is 1310. The van der Waals surface area contributed by atoms with Crippen LogP contribution >= 0.6 is 0 Å². The lowest BCUT2D eigenvalue weighted by molar-refractivity contribution is -0.117. The van der Waals surface area contributed by atoms with Gasteiger partial charge in [-0.05, 0) is 49.7 Å². The number of carbonyl (C=O) groups excluding carboxylic acids is 1. The standard InChI is InChI=1S/C22H22N6O2/c1-2-26-21(30)17-6-3-4-7-18(17)28-19(24-25-22(26)28)14-23-15-9-11-16(12-10-15)27-13-5-8-20(27)29/h3-4,6-7,9-12,23H,2,5,8,13-14H2,1H3. The molecule has 1 aliphatic heterocycles. The minimum absolute atomic E-state index is 0.0560. The van der Waals surface area contributed by atoms with E-state index < -0.39 is 0 Å². The molecule has 0 radical (unpaired) electrons. The predicted octanol–water partition coefficient (Wildman–Crippen LogP) is 2.80. The molecule has 152 valence electrons. The maximum atomic E-state index is 12.8. The average Bonchev–Trinajstić information content (AvgIpc) is 3.39. The summed E-state index contributed by atoms with van der Waals surface area (Å²) in [4.78, 5) is 26.5. The van der Waals surface area contributed by atoms with Crippen molar-refractivity contribution >= 4 is 34.0 Å². The summed E-state index contributed by atoms with van der Waals surface area (Å²) in [6.07, 6.45) is 1.53. The van der Waals surface area contributed by atoms with Crippen molar-refractivity contribution in [2.45, 2.75) is 32.9 Å². The van der Waals surface area contributed by atoms with Gasteiger partial charge in [-0.15, -0.1) is 10.2 Å². The monoisotopic (exact) mass is 402 g/mol. The van der Waals surface area contributed by atoms with Crippen LogP contribution < -0.4 is 15.8 Å². The third-order valence-electron chi connectivity index (χ3n) is 5.59. The van der Waals surface area contributed by atoms with Gasteiger partial charge in [0.15, 0.2) is 5.82 Å². The van der Waals surface area contributed by atoms with Crippen molar-refractivity contribution in [3.63, 3.8) is 0 Å². The van der Waals surface area contributed by atoms with Gasteiger partial charge in [0.2, 0.25) is 11.7 Å². The van der Waals surface area contributed by atoms with Crippen LogP contribution in [0.2, 0.25) is 0 Å². The lowest BCUT2D eigenvalue weighted by Gasteiger charge is -2.16. The Labute approximate surface area is 172 Å². The van der Waals surface area contributed by atoms with E-state index in [1.54, 1.807) is 4.57 Å². The molecule has 1 fully saturated rings. The Balaban J connectivity index is 1.46. The first-order valence-electron chi connectivity index (χ1n) is 10.2. The molecular formula is C22H22N6O2. The number of hydrogen-bond acceptors (Lipinski definition) is 5. The Morgan fingerprint density at radius 1 is 1.03 bits per heavy atom. The molecule has 0 spiro atoms. The number of benzene rings is 2. The van der Waals surface area contributed by atoms with E-state index in [0.29, 0.717) is 30.7 Å². The molecule has 30 heavy (non-hydrogen) atoms. The second-order valence-corrected chi connectivity index (χ2v) is 7.37. The number of para-hydroxylation sites is 1. The van der Waals surface area contributed by atoms with Crippen LogP contribution in [0.1, 0.15) is 25.6 Å². The van der Waals surface area contributed by atoms with E-state index in [0.717, 1.165) is 35.7 Å². The summed E-state index contributed by atoms with van der Waals surface area (Å²) in [6.45, 7) is 3.68. The summed E-state index contributed by atoms with van der Waals surface area (Å²) < 4.78 is 3.57. The number of nitrogens with one attached hydrogen (secondary N) is 1. The van der Waals surface area contributed by atoms with E-state index in [1.807, 2.05) is 64.8 Å².